The Balaban J connectivity index is 1.96. The summed E-state index contributed by atoms with van der Waals surface area (Å²) in [5.41, 5.74) is 1.76. The Morgan fingerprint density at radius 2 is 2.23 bits per heavy atom. The highest BCUT2D eigenvalue weighted by Gasteiger charge is 2.13. The Morgan fingerprint density at radius 1 is 1.41 bits per heavy atom. The summed E-state index contributed by atoms with van der Waals surface area (Å²) in [5, 5.41) is 4.95. The van der Waals surface area contributed by atoms with Crippen molar-refractivity contribution in [1.29, 1.82) is 0 Å². The van der Waals surface area contributed by atoms with Gasteiger partial charge in [0.15, 0.2) is 0 Å². The zero-order chi connectivity index (χ0) is 15.9. The number of amides is 2. The third-order valence-corrected chi connectivity index (χ3v) is 4.16. The number of urea groups is 1. The molecule has 0 fully saturated rings. The second-order valence-electron chi connectivity index (χ2n) is 4.87. The number of hydrogen-bond donors (Lipinski definition) is 1. The van der Waals surface area contributed by atoms with Crippen LogP contribution in [-0.4, -0.2) is 29.6 Å². The highest BCUT2D eigenvalue weighted by atomic mass is 32.1. The molecule has 0 spiro atoms. The van der Waals surface area contributed by atoms with Crippen LogP contribution in [0.1, 0.15) is 23.1 Å². The normalized spacial score (nSPS) is 10.3. The van der Waals surface area contributed by atoms with Gasteiger partial charge < -0.3 is 15.0 Å². The summed E-state index contributed by atoms with van der Waals surface area (Å²) in [4.78, 5) is 19.6. The number of rotatable bonds is 6. The summed E-state index contributed by atoms with van der Waals surface area (Å²) < 4.78 is 5.26. The summed E-state index contributed by atoms with van der Waals surface area (Å²) >= 11 is 1.65. The van der Waals surface area contributed by atoms with Gasteiger partial charge in [-0.15, -0.1) is 11.3 Å². The van der Waals surface area contributed by atoms with Crippen LogP contribution in [0.25, 0.3) is 0 Å². The second-order valence-corrected chi connectivity index (χ2v) is 5.91. The zero-order valence-corrected chi connectivity index (χ0v) is 13.9. The van der Waals surface area contributed by atoms with E-state index in [1.807, 2.05) is 43.5 Å². The average molecular weight is 319 g/mol. The van der Waals surface area contributed by atoms with Crippen molar-refractivity contribution in [3.8, 4) is 5.88 Å². The van der Waals surface area contributed by atoms with Crippen molar-refractivity contribution in [2.75, 3.05) is 13.7 Å². The SMILES string of the molecule is CCN(Cc1cccs1)C(=O)NCc1ccc(C)nc1OC. The van der Waals surface area contributed by atoms with E-state index in [4.69, 9.17) is 4.74 Å². The first-order valence-electron chi connectivity index (χ1n) is 7.19. The summed E-state index contributed by atoms with van der Waals surface area (Å²) in [6.07, 6.45) is 0. The van der Waals surface area contributed by atoms with Crippen molar-refractivity contribution in [1.82, 2.24) is 15.2 Å². The minimum absolute atomic E-state index is 0.0847. The topological polar surface area (TPSA) is 54.5 Å². The highest BCUT2D eigenvalue weighted by molar-refractivity contribution is 7.09. The monoisotopic (exact) mass is 319 g/mol. The first-order chi connectivity index (χ1) is 10.6. The molecule has 1 N–H and O–H groups in total. The van der Waals surface area contributed by atoms with Gasteiger partial charge in [-0.3, -0.25) is 0 Å². The van der Waals surface area contributed by atoms with E-state index in [1.165, 1.54) is 4.88 Å². The molecule has 0 radical (unpaired) electrons. The molecule has 0 aliphatic carbocycles. The van der Waals surface area contributed by atoms with Gasteiger partial charge in [0.2, 0.25) is 5.88 Å². The largest absolute Gasteiger partial charge is 0.481 e. The molecule has 118 valence electrons. The third-order valence-electron chi connectivity index (χ3n) is 3.30. The van der Waals surface area contributed by atoms with E-state index in [1.54, 1.807) is 23.3 Å². The predicted molar refractivity (Wildman–Crippen MR) is 88.2 cm³/mol. The fourth-order valence-electron chi connectivity index (χ4n) is 2.07. The molecule has 2 aromatic rings. The number of aryl methyl sites for hydroxylation is 1. The number of nitrogens with one attached hydrogen (secondary N) is 1. The first kappa shape index (κ1) is 16.3. The van der Waals surface area contributed by atoms with Crippen molar-refractivity contribution in [2.24, 2.45) is 0 Å². The zero-order valence-electron chi connectivity index (χ0n) is 13.1. The molecular formula is C16H21N3O2S. The molecule has 0 aromatic carbocycles. The van der Waals surface area contributed by atoms with E-state index in [9.17, 15) is 4.79 Å². The number of thiophene rings is 1. The molecule has 0 unspecified atom stereocenters. The Labute approximate surface area is 134 Å². The van der Waals surface area contributed by atoms with Gasteiger partial charge in [-0.1, -0.05) is 12.1 Å². The van der Waals surface area contributed by atoms with Gasteiger partial charge in [-0.25, -0.2) is 9.78 Å². The smallest absolute Gasteiger partial charge is 0.317 e. The highest BCUT2D eigenvalue weighted by Crippen LogP contribution is 2.16. The van der Waals surface area contributed by atoms with Gasteiger partial charge in [0.25, 0.3) is 0 Å². The quantitative estimate of drug-likeness (QED) is 0.889. The summed E-state index contributed by atoms with van der Waals surface area (Å²) in [6, 6.07) is 7.78. The standard InChI is InChI=1S/C16H21N3O2S/c1-4-19(11-14-6-5-9-22-14)16(20)17-10-13-8-7-12(2)18-15(13)21-3/h5-9H,4,10-11H2,1-3H3,(H,17,20). The van der Waals surface area contributed by atoms with Crippen molar-refractivity contribution >= 4 is 17.4 Å². The second kappa shape index (κ2) is 7.79. The van der Waals surface area contributed by atoms with E-state index in [-0.39, 0.29) is 6.03 Å². The third kappa shape index (κ3) is 4.21. The van der Waals surface area contributed by atoms with Crippen LogP contribution in [0.4, 0.5) is 4.79 Å². The molecule has 0 aliphatic rings. The van der Waals surface area contributed by atoms with Crippen LogP contribution in [0.5, 0.6) is 5.88 Å². The Hall–Kier alpha value is -2.08. The summed E-state index contributed by atoms with van der Waals surface area (Å²) in [5.74, 6) is 0.557. The van der Waals surface area contributed by atoms with E-state index in [0.717, 1.165) is 11.3 Å². The number of nitrogens with zero attached hydrogens (tertiary/aromatic N) is 2. The maximum absolute atomic E-state index is 12.3. The van der Waals surface area contributed by atoms with Crippen LogP contribution in [0.2, 0.25) is 0 Å². The molecule has 2 rings (SSSR count). The minimum atomic E-state index is -0.0847. The van der Waals surface area contributed by atoms with E-state index in [2.05, 4.69) is 10.3 Å². The molecule has 6 heteroatoms. The molecule has 0 bridgehead atoms. The lowest BCUT2D eigenvalue weighted by atomic mass is 10.2. The summed E-state index contributed by atoms with van der Waals surface area (Å²) in [6.45, 7) is 5.57. The summed E-state index contributed by atoms with van der Waals surface area (Å²) in [7, 11) is 1.59. The fourth-order valence-corrected chi connectivity index (χ4v) is 2.79. The van der Waals surface area contributed by atoms with Gasteiger partial charge in [0.05, 0.1) is 13.7 Å². The molecular weight excluding hydrogens is 298 g/mol. The van der Waals surface area contributed by atoms with E-state index >= 15 is 0 Å². The Bertz CT molecular complexity index is 614. The molecule has 2 amide bonds. The molecule has 0 aliphatic heterocycles. The maximum Gasteiger partial charge on any atom is 0.317 e. The van der Waals surface area contributed by atoms with Gasteiger partial charge >= 0.3 is 6.03 Å². The number of carbonyl (C=O) groups excluding carboxylic acids is 1. The minimum Gasteiger partial charge on any atom is -0.481 e. The number of ether oxygens (including phenoxy) is 1. The maximum atomic E-state index is 12.3. The molecule has 0 saturated carbocycles. The molecule has 0 atom stereocenters. The van der Waals surface area contributed by atoms with Crippen LogP contribution >= 0.6 is 11.3 Å². The van der Waals surface area contributed by atoms with Crippen molar-refractivity contribution < 1.29 is 9.53 Å². The van der Waals surface area contributed by atoms with Gasteiger partial charge in [0.1, 0.15) is 0 Å². The van der Waals surface area contributed by atoms with Gasteiger partial charge in [0, 0.05) is 29.2 Å². The predicted octanol–water partition coefficient (Wildman–Crippen LogP) is 3.19. The number of pyridine rings is 1. The van der Waals surface area contributed by atoms with Crippen LogP contribution in [0, 0.1) is 6.92 Å². The van der Waals surface area contributed by atoms with Crippen molar-refractivity contribution in [3.63, 3.8) is 0 Å². The Kier molecular flexibility index (Phi) is 5.77. The van der Waals surface area contributed by atoms with Crippen LogP contribution in [-0.2, 0) is 13.1 Å². The van der Waals surface area contributed by atoms with Crippen molar-refractivity contribution in [2.45, 2.75) is 26.9 Å². The van der Waals surface area contributed by atoms with Gasteiger partial charge in [-0.2, -0.15) is 0 Å². The molecule has 22 heavy (non-hydrogen) atoms. The van der Waals surface area contributed by atoms with E-state index < -0.39 is 0 Å². The number of aromatic nitrogens is 1. The molecule has 2 aromatic heterocycles. The Morgan fingerprint density at radius 3 is 2.86 bits per heavy atom. The molecule has 2 heterocycles. The number of carbonyl (C=O) groups is 1. The average Bonchev–Trinajstić information content (AvgIpc) is 3.04. The first-order valence-corrected chi connectivity index (χ1v) is 8.07. The van der Waals surface area contributed by atoms with Crippen LogP contribution < -0.4 is 10.1 Å². The number of hydrogen-bond acceptors (Lipinski definition) is 4. The lowest BCUT2D eigenvalue weighted by molar-refractivity contribution is 0.198. The van der Waals surface area contributed by atoms with Crippen LogP contribution in [0.15, 0.2) is 29.6 Å². The lowest BCUT2D eigenvalue weighted by Crippen LogP contribution is -2.38. The molecule has 5 nitrogen and oxygen atoms in total. The van der Waals surface area contributed by atoms with Gasteiger partial charge in [-0.05, 0) is 31.4 Å². The number of methoxy groups -OCH3 is 1. The molecule has 0 saturated heterocycles. The van der Waals surface area contributed by atoms with E-state index in [0.29, 0.717) is 25.5 Å². The lowest BCUT2D eigenvalue weighted by Gasteiger charge is -2.21. The van der Waals surface area contributed by atoms with Crippen molar-refractivity contribution in [3.05, 3.63) is 45.8 Å². The van der Waals surface area contributed by atoms with Crippen LogP contribution in [0.3, 0.4) is 0 Å². The fraction of sp³-hybridized carbons (Fsp3) is 0.375.